The van der Waals surface area contributed by atoms with Gasteiger partial charge in [-0.25, -0.2) is 4.79 Å². The van der Waals surface area contributed by atoms with Crippen molar-refractivity contribution in [2.24, 2.45) is 11.8 Å². The monoisotopic (exact) mass is 210 g/mol. The lowest BCUT2D eigenvalue weighted by molar-refractivity contribution is -0.150. The van der Waals surface area contributed by atoms with Gasteiger partial charge in [0.1, 0.15) is 5.60 Å². The number of carbonyl (C=O) groups excluding carboxylic acids is 1. The van der Waals surface area contributed by atoms with Gasteiger partial charge in [-0.1, -0.05) is 19.9 Å². The average Bonchev–Trinajstić information content (AvgIpc) is 2.47. The zero-order valence-corrected chi connectivity index (χ0v) is 10.5. The molecule has 1 aliphatic rings. The highest BCUT2D eigenvalue weighted by Crippen LogP contribution is 2.33. The molecule has 15 heavy (non-hydrogen) atoms. The number of hydrogen-bond acceptors (Lipinski definition) is 2. The van der Waals surface area contributed by atoms with E-state index in [1.165, 1.54) is 0 Å². The fourth-order valence-corrected chi connectivity index (χ4v) is 1.99. The third-order valence-corrected chi connectivity index (χ3v) is 2.68. The summed E-state index contributed by atoms with van der Waals surface area (Å²) in [5, 5.41) is 0. The van der Waals surface area contributed by atoms with E-state index < -0.39 is 0 Å². The lowest BCUT2D eigenvalue weighted by Crippen LogP contribution is -2.27. The van der Waals surface area contributed by atoms with Gasteiger partial charge in [0.05, 0.1) is 0 Å². The van der Waals surface area contributed by atoms with Crippen molar-refractivity contribution in [1.29, 1.82) is 0 Å². The molecule has 0 aliphatic heterocycles. The van der Waals surface area contributed by atoms with Crippen LogP contribution < -0.4 is 0 Å². The van der Waals surface area contributed by atoms with Crippen LogP contribution in [0, 0.1) is 11.8 Å². The lowest BCUT2D eigenvalue weighted by atomic mass is 9.89. The van der Waals surface area contributed by atoms with Gasteiger partial charge >= 0.3 is 5.97 Å². The molecule has 0 radical (unpaired) electrons. The lowest BCUT2D eigenvalue weighted by Gasteiger charge is -2.23. The van der Waals surface area contributed by atoms with Gasteiger partial charge < -0.3 is 4.74 Å². The van der Waals surface area contributed by atoms with Crippen molar-refractivity contribution in [1.82, 2.24) is 0 Å². The summed E-state index contributed by atoms with van der Waals surface area (Å²) in [4.78, 5) is 11.9. The number of ether oxygens (including phenoxy) is 1. The summed E-state index contributed by atoms with van der Waals surface area (Å²) in [5.41, 5.74) is 0.502. The quantitative estimate of drug-likeness (QED) is 0.653. The highest BCUT2D eigenvalue weighted by Gasteiger charge is 2.30. The predicted octanol–water partition coefficient (Wildman–Crippen LogP) is 3.32. The summed E-state index contributed by atoms with van der Waals surface area (Å²) >= 11 is 0. The van der Waals surface area contributed by atoms with Crippen LogP contribution in [0.4, 0.5) is 0 Å². The molecule has 0 saturated heterocycles. The summed E-state index contributed by atoms with van der Waals surface area (Å²) < 4.78 is 5.39. The fraction of sp³-hybridized carbons (Fsp3) is 0.769. The first-order chi connectivity index (χ1) is 6.81. The third kappa shape index (κ3) is 3.37. The van der Waals surface area contributed by atoms with Crippen molar-refractivity contribution >= 4 is 5.97 Å². The third-order valence-electron chi connectivity index (χ3n) is 2.68. The molecule has 0 amide bonds. The smallest absolute Gasteiger partial charge is 0.334 e. The number of hydrogen-bond donors (Lipinski definition) is 0. The highest BCUT2D eigenvalue weighted by atomic mass is 16.6. The number of rotatable bonds is 2. The molecule has 0 fully saturated rings. The van der Waals surface area contributed by atoms with E-state index >= 15 is 0 Å². The number of esters is 1. The Labute approximate surface area is 92.7 Å². The van der Waals surface area contributed by atoms with Gasteiger partial charge in [-0.15, -0.1) is 0 Å². The molecular weight excluding hydrogens is 188 g/mol. The highest BCUT2D eigenvalue weighted by molar-refractivity contribution is 5.89. The summed E-state index contributed by atoms with van der Waals surface area (Å²) in [6.45, 7) is 10.0. The first-order valence-electron chi connectivity index (χ1n) is 5.74. The van der Waals surface area contributed by atoms with E-state index in [1.54, 1.807) is 0 Å². The standard InChI is InChI=1S/C13H22O2/c1-9(2)10-7-6-8-11(10)12(14)15-13(3,4)5/h8-10H,6-7H2,1-5H3. The number of allylic oxidation sites excluding steroid dienone is 1. The van der Waals surface area contributed by atoms with Gasteiger partial charge in [-0.2, -0.15) is 0 Å². The molecule has 2 nitrogen and oxygen atoms in total. The molecule has 0 spiro atoms. The molecule has 1 rings (SSSR count). The molecule has 1 aliphatic carbocycles. The molecule has 0 saturated carbocycles. The Morgan fingerprint density at radius 2 is 2.07 bits per heavy atom. The van der Waals surface area contributed by atoms with Crippen LogP contribution in [-0.4, -0.2) is 11.6 Å². The maximum atomic E-state index is 11.9. The van der Waals surface area contributed by atoms with Gasteiger partial charge in [-0.3, -0.25) is 0 Å². The summed E-state index contributed by atoms with van der Waals surface area (Å²) in [6, 6.07) is 0. The minimum Gasteiger partial charge on any atom is -0.457 e. The van der Waals surface area contributed by atoms with E-state index in [0.717, 1.165) is 18.4 Å². The van der Waals surface area contributed by atoms with Crippen molar-refractivity contribution in [3.8, 4) is 0 Å². The second-order valence-electron chi connectivity index (χ2n) is 5.59. The molecule has 0 aromatic rings. The van der Waals surface area contributed by atoms with Crippen molar-refractivity contribution in [2.45, 2.75) is 53.1 Å². The van der Waals surface area contributed by atoms with Crippen molar-refractivity contribution < 1.29 is 9.53 Å². The van der Waals surface area contributed by atoms with Crippen LogP contribution in [-0.2, 0) is 9.53 Å². The van der Waals surface area contributed by atoms with E-state index in [1.807, 2.05) is 26.8 Å². The van der Waals surface area contributed by atoms with Crippen LogP contribution >= 0.6 is 0 Å². The van der Waals surface area contributed by atoms with Gasteiger partial charge in [0.15, 0.2) is 0 Å². The molecule has 1 atom stereocenters. The Kier molecular flexibility index (Phi) is 3.58. The summed E-state index contributed by atoms with van der Waals surface area (Å²) in [5.74, 6) is 0.782. The minimum absolute atomic E-state index is 0.126. The maximum Gasteiger partial charge on any atom is 0.334 e. The Bertz CT molecular complexity index is 269. The van der Waals surface area contributed by atoms with Crippen LogP contribution in [0.25, 0.3) is 0 Å². The van der Waals surface area contributed by atoms with Gasteiger partial charge in [0.25, 0.3) is 0 Å². The zero-order chi connectivity index (χ0) is 11.6. The van der Waals surface area contributed by atoms with Crippen molar-refractivity contribution in [3.05, 3.63) is 11.6 Å². The first kappa shape index (κ1) is 12.3. The zero-order valence-electron chi connectivity index (χ0n) is 10.5. The Morgan fingerprint density at radius 3 is 2.53 bits per heavy atom. The predicted molar refractivity (Wildman–Crippen MR) is 61.5 cm³/mol. The molecule has 0 heterocycles. The van der Waals surface area contributed by atoms with E-state index in [9.17, 15) is 4.79 Å². The van der Waals surface area contributed by atoms with Crippen LogP contribution in [0.1, 0.15) is 47.5 Å². The van der Waals surface area contributed by atoms with Crippen LogP contribution in [0.15, 0.2) is 11.6 Å². The van der Waals surface area contributed by atoms with Gasteiger partial charge in [-0.05, 0) is 45.4 Å². The van der Waals surface area contributed by atoms with Gasteiger partial charge in [0.2, 0.25) is 0 Å². The van der Waals surface area contributed by atoms with E-state index in [2.05, 4.69) is 13.8 Å². The molecule has 0 N–H and O–H groups in total. The molecule has 0 aromatic carbocycles. The van der Waals surface area contributed by atoms with Crippen LogP contribution in [0.3, 0.4) is 0 Å². The molecule has 1 unspecified atom stereocenters. The Morgan fingerprint density at radius 1 is 1.47 bits per heavy atom. The van der Waals surface area contributed by atoms with Crippen LogP contribution in [0.5, 0.6) is 0 Å². The normalized spacial score (nSPS) is 21.7. The van der Waals surface area contributed by atoms with E-state index in [-0.39, 0.29) is 11.6 Å². The van der Waals surface area contributed by atoms with Crippen molar-refractivity contribution in [2.75, 3.05) is 0 Å². The second kappa shape index (κ2) is 4.38. The molecule has 0 aromatic heterocycles. The molecule has 0 bridgehead atoms. The largest absolute Gasteiger partial charge is 0.457 e. The maximum absolute atomic E-state index is 11.9. The Hall–Kier alpha value is -0.790. The van der Waals surface area contributed by atoms with Gasteiger partial charge in [0, 0.05) is 5.57 Å². The summed E-state index contributed by atoms with van der Waals surface area (Å²) in [7, 11) is 0. The topological polar surface area (TPSA) is 26.3 Å². The molecule has 86 valence electrons. The van der Waals surface area contributed by atoms with Crippen LogP contribution in [0.2, 0.25) is 0 Å². The Balaban J connectivity index is 2.68. The first-order valence-corrected chi connectivity index (χ1v) is 5.74. The van der Waals surface area contributed by atoms with E-state index in [4.69, 9.17) is 4.74 Å². The number of carbonyl (C=O) groups is 1. The fourth-order valence-electron chi connectivity index (χ4n) is 1.99. The minimum atomic E-state index is -0.387. The molecular formula is C13H22O2. The average molecular weight is 210 g/mol. The summed E-state index contributed by atoms with van der Waals surface area (Å²) in [6.07, 6.45) is 4.14. The van der Waals surface area contributed by atoms with E-state index in [0.29, 0.717) is 11.8 Å². The second-order valence-corrected chi connectivity index (χ2v) is 5.59. The van der Waals surface area contributed by atoms with Crippen molar-refractivity contribution in [3.63, 3.8) is 0 Å². The molecule has 2 heteroatoms. The SMILES string of the molecule is CC(C)C1CCC=C1C(=O)OC(C)(C)C.